The summed E-state index contributed by atoms with van der Waals surface area (Å²) in [4.78, 5) is 25.5. The maximum Gasteiger partial charge on any atom is 0.341 e. The van der Waals surface area contributed by atoms with Crippen LogP contribution >= 0.6 is 0 Å². The number of aliphatic carboxylic acids is 1. The first-order valence-electron chi connectivity index (χ1n) is 8.37. The molecule has 2 aromatic rings. The lowest BCUT2D eigenvalue weighted by Gasteiger charge is -2.25. The van der Waals surface area contributed by atoms with Crippen molar-refractivity contribution in [3.8, 4) is 5.75 Å². The molecule has 0 aromatic heterocycles. The summed E-state index contributed by atoms with van der Waals surface area (Å²) in [5.74, 6) is -0.709. The molecule has 1 heterocycles. The number of carboxylic acids is 1. The quantitative estimate of drug-likeness (QED) is 0.906. The van der Waals surface area contributed by atoms with Crippen molar-refractivity contribution in [3.63, 3.8) is 0 Å². The third kappa shape index (κ3) is 3.99. The fourth-order valence-electron chi connectivity index (χ4n) is 3.17. The van der Waals surface area contributed by atoms with E-state index in [0.717, 1.165) is 24.9 Å². The highest BCUT2D eigenvalue weighted by Gasteiger charge is 2.30. The number of rotatable bonds is 5. The largest absolute Gasteiger partial charge is 0.482 e. The molecule has 0 spiro atoms. The van der Waals surface area contributed by atoms with Crippen LogP contribution in [0.4, 0.5) is 0 Å². The number of hydrogen-bond donors (Lipinski definition) is 1. The van der Waals surface area contributed by atoms with E-state index < -0.39 is 12.6 Å². The molecule has 130 valence electrons. The summed E-state index contributed by atoms with van der Waals surface area (Å²) in [6, 6.07) is 15.1. The second kappa shape index (κ2) is 7.38. The number of likely N-dealkylation sites (tertiary alicyclic amines) is 1. The lowest BCUT2D eigenvalue weighted by atomic mass is 10.0. The lowest BCUT2D eigenvalue weighted by Crippen LogP contribution is -2.30. The van der Waals surface area contributed by atoms with Gasteiger partial charge in [-0.3, -0.25) is 4.79 Å². The fourth-order valence-corrected chi connectivity index (χ4v) is 3.17. The molecular weight excluding hydrogens is 318 g/mol. The Kier molecular flexibility index (Phi) is 5.03. The molecule has 1 amide bonds. The van der Waals surface area contributed by atoms with Crippen LogP contribution in [0.25, 0.3) is 0 Å². The van der Waals surface area contributed by atoms with Crippen molar-refractivity contribution in [3.05, 3.63) is 65.2 Å². The predicted molar refractivity (Wildman–Crippen MR) is 93.8 cm³/mol. The number of carbonyl (C=O) groups is 2. The third-order valence-corrected chi connectivity index (χ3v) is 4.42. The highest BCUT2D eigenvalue weighted by molar-refractivity contribution is 5.95. The minimum Gasteiger partial charge on any atom is -0.482 e. The SMILES string of the molecule is Cc1ccc(C2CCCN2C(=O)c2cccc(OCC(=O)O)c2)cc1. The maximum absolute atomic E-state index is 12.9. The summed E-state index contributed by atoms with van der Waals surface area (Å²) in [5, 5.41) is 8.71. The van der Waals surface area contributed by atoms with Crippen LogP contribution in [0.15, 0.2) is 48.5 Å². The number of benzene rings is 2. The van der Waals surface area contributed by atoms with Gasteiger partial charge in [0.25, 0.3) is 5.91 Å². The summed E-state index contributed by atoms with van der Waals surface area (Å²) >= 11 is 0. The van der Waals surface area contributed by atoms with Crippen LogP contribution in [-0.4, -0.2) is 35.0 Å². The molecule has 5 nitrogen and oxygen atoms in total. The first kappa shape index (κ1) is 17.0. The minimum atomic E-state index is -1.05. The van der Waals surface area contributed by atoms with Crippen LogP contribution in [-0.2, 0) is 4.79 Å². The Morgan fingerprint density at radius 2 is 1.96 bits per heavy atom. The smallest absolute Gasteiger partial charge is 0.341 e. The molecule has 3 rings (SSSR count). The zero-order chi connectivity index (χ0) is 17.8. The van der Waals surface area contributed by atoms with Crippen molar-refractivity contribution < 1.29 is 19.4 Å². The molecule has 1 aliphatic rings. The predicted octanol–water partition coefficient (Wildman–Crippen LogP) is 3.44. The molecule has 0 radical (unpaired) electrons. The molecular formula is C20H21NO4. The van der Waals surface area contributed by atoms with Crippen LogP contribution in [0.1, 0.15) is 40.4 Å². The molecule has 1 unspecified atom stereocenters. The van der Waals surface area contributed by atoms with Crippen molar-refractivity contribution in [1.82, 2.24) is 4.90 Å². The molecule has 1 atom stereocenters. The first-order chi connectivity index (χ1) is 12.0. The average molecular weight is 339 g/mol. The molecule has 2 aromatic carbocycles. The van der Waals surface area contributed by atoms with E-state index in [1.54, 1.807) is 24.3 Å². The molecule has 1 aliphatic heterocycles. The molecule has 5 heteroatoms. The van der Waals surface area contributed by atoms with Crippen LogP contribution in [0.3, 0.4) is 0 Å². The number of ether oxygens (including phenoxy) is 1. The number of aryl methyl sites for hydroxylation is 1. The Balaban J connectivity index is 1.78. The highest BCUT2D eigenvalue weighted by Crippen LogP contribution is 2.33. The van der Waals surface area contributed by atoms with Gasteiger partial charge in [0.05, 0.1) is 6.04 Å². The average Bonchev–Trinajstić information content (AvgIpc) is 3.10. The van der Waals surface area contributed by atoms with Crippen LogP contribution in [0.2, 0.25) is 0 Å². The minimum absolute atomic E-state index is 0.0520. The molecule has 1 fully saturated rings. The lowest BCUT2D eigenvalue weighted by molar-refractivity contribution is -0.139. The van der Waals surface area contributed by atoms with Crippen molar-refractivity contribution in [2.45, 2.75) is 25.8 Å². The zero-order valence-corrected chi connectivity index (χ0v) is 14.1. The Labute approximate surface area is 146 Å². The highest BCUT2D eigenvalue weighted by atomic mass is 16.5. The van der Waals surface area contributed by atoms with Crippen LogP contribution in [0.5, 0.6) is 5.75 Å². The second-order valence-corrected chi connectivity index (χ2v) is 6.28. The summed E-state index contributed by atoms with van der Waals surface area (Å²) < 4.78 is 5.18. The van der Waals surface area contributed by atoms with Crippen molar-refractivity contribution in [2.24, 2.45) is 0 Å². The van der Waals surface area contributed by atoms with Gasteiger partial charge in [-0.2, -0.15) is 0 Å². The van der Waals surface area contributed by atoms with Gasteiger partial charge in [-0.05, 0) is 43.5 Å². The van der Waals surface area contributed by atoms with Crippen molar-refractivity contribution in [1.29, 1.82) is 0 Å². The van der Waals surface area contributed by atoms with E-state index in [1.807, 2.05) is 11.8 Å². The normalized spacial score (nSPS) is 16.7. The molecule has 0 bridgehead atoms. The topological polar surface area (TPSA) is 66.8 Å². The van der Waals surface area contributed by atoms with Gasteiger partial charge in [0, 0.05) is 12.1 Å². The summed E-state index contributed by atoms with van der Waals surface area (Å²) in [5.41, 5.74) is 2.86. The van der Waals surface area contributed by atoms with Gasteiger partial charge in [-0.15, -0.1) is 0 Å². The first-order valence-corrected chi connectivity index (χ1v) is 8.37. The molecule has 1 saturated heterocycles. The third-order valence-electron chi connectivity index (χ3n) is 4.42. The van der Waals surface area contributed by atoms with Gasteiger partial charge < -0.3 is 14.7 Å². The Morgan fingerprint density at radius 3 is 2.68 bits per heavy atom. The van der Waals surface area contributed by atoms with Gasteiger partial charge in [0.2, 0.25) is 0 Å². The van der Waals surface area contributed by atoms with Crippen LogP contribution in [0, 0.1) is 6.92 Å². The monoisotopic (exact) mass is 339 g/mol. The Morgan fingerprint density at radius 1 is 1.20 bits per heavy atom. The molecule has 1 N–H and O–H groups in total. The second-order valence-electron chi connectivity index (χ2n) is 6.28. The van der Waals surface area contributed by atoms with Crippen LogP contribution < -0.4 is 4.74 Å². The Hall–Kier alpha value is -2.82. The number of nitrogens with zero attached hydrogens (tertiary/aromatic N) is 1. The molecule has 0 saturated carbocycles. The van der Waals surface area contributed by atoms with E-state index in [4.69, 9.17) is 9.84 Å². The zero-order valence-electron chi connectivity index (χ0n) is 14.1. The number of carboxylic acid groups (broad SMARTS) is 1. The number of carbonyl (C=O) groups excluding carboxylic acids is 1. The fraction of sp³-hybridized carbons (Fsp3) is 0.300. The van der Waals surface area contributed by atoms with Gasteiger partial charge >= 0.3 is 5.97 Å². The van der Waals surface area contributed by atoms with Gasteiger partial charge in [0.15, 0.2) is 6.61 Å². The van der Waals surface area contributed by atoms with Gasteiger partial charge in [0.1, 0.15) is 5.75 Å². The van der Waals surface area contributed by atoms with Crippen molar-refractivity contribution in [2.75, 3.05) is 13.2 Å². The van der Waals surface area contributed by atoms with Gasteiger partial charge in [-0.25, -0.2) is 4.79 Å². The van der Waals surface area contributed by atoms with E-state index in [0.29, 0.717) is 11.3 Å². The van der Waals surface area contributed by atoms with E-state index in [-0.39, 0.29) is 11.9 Å². The molecule has 0 aliphatic carbocycles. The maximum atomic E-state index is 12.9. The number of amides is 1. The Bertz CT molecular complexity index is 770. The van der Waals surface area contributed by atoms with Gasteiger partial charge in [-0.1, -0.05) is 35.9 Å². The van der Waals surface area contributed by atoms with E-state index in [1.165, 1.54) is 5.56 Å². The standard InChI is InChI=1S/C20H21NO4/c1-14-7-9-15(10-8-14)18-6-3-11-21(18)20(24)16-4-2-5-17(12-16)25-13-19(22)23/h2,4-5,7-10,12,18H,3,6,11,13H2,1H3,(H,22,23). The van der Waals surface area contributed by atoms with E-state index in [9.17, 15) is 9.59 Å². The summed E-state index contributed by atoms with van der Waals surface area (Å²) in [6.07, 6.45) is 1.92. The van der Waals surface area contributed by atoms with Crippen molar-refractivity contribution >= 4 is 11.9 Å². The van der Waals surface area contributed by atoms with E-state index in [2.05, 4.69) is 24.3 Å². The summed E-state index contributed by atoms with van der Waals surface area (Å²) in [6.45, 7) is 2.34. The number of hydrogen-bond acceptors (Lipinski definition) is 3. The summed E-state index contributed by atoms with van der Waals surface area (Å²) in [7, 11) is 0. The van der Waals surface area contributed by atoms with E-state index >= 15 is 0 Å². The molecule has 25 heavy (non-hydrogen) atoms.